The van der Waals surface area contributed by atoms with Crippen LogP contribution in [0, 0.1) is 17.3 Å². The summed E-state index contributed by atoms with van der Waals surface area (Å²) in [6, 6.07) is 0. The number of carboxylic acid groups (broad SMARTS) is 1. The number of carboxylic acids is 1. The predicted octanol–water partition coefficient (Wildman–Crippen LogP) is 2.84. The molecule has 2 N–H and O–H groups in total. The standard InChI is InChI=1S/C14H24O3/c1-9(13(16)17)7-10-5-6-11(8-12(10)15)14(2,3)4/h7,10-12,15H,5-6,8H2,1-4H3,(H,16,17). The van der Waals surface area contributed by atoms with Gasteiger partial charge < -0.3 is 10.2 Å². The van der Waals surface area contributed by atoms with Gasteiger partial charge in [0.15, 0.2) is 0 Å². The Labute approximate surface area is 104 Å². The maximum atomic E-state index is 10.8. The highest BCUT2D eigenvalue weighted by Gasteiger charge is 2.34. The quantitative estimate of drug-likeness (QED) is 0.730. The van der Waals surface area contributed by atoms with E-state index in [2.05, 4.69) is 20.8 Å². The molecule has 0 bridgehead atoms. The summed E-state index contributed by atoms with van der Waals surface area (Å²) in [4.78, 5) is 10.8. The molecule has 3 nitrogen and oxygen atoms in total. The number of aliphatic hydroxyl groups excluding tert-OH is 1. The van der Waals surface area contributed by atoms with E-state index in [0.717, 1.165) is 19.3 Å². The zero-order valence-electron chi connectivity index (χ0n) is 11.2. The second-order valence-corrected chi connectivity index (χ2v) is 6.26. The lowest BCUT2D eigenvalue weighted by molar-refractivity contribution is -0.132. The number of aliphatic carboxylic acids is 1. The van der Waals surface area contributed by atoms with E-state index in [1.54, 1.807) is 13.0 Å². The molecule has 3 heteroatoms. The van der Waals surface area contributed by atoms with Crippen molar-refractivity contribution in [3.8, 4) is 0 Å². The van der Waals surface area contributed by atoms with Crippen LogP contribution in [0.15, 0.2) is 11.6 Å². The van der Waals surface area contributed by atoms with Crippen molar-refractivity contribution in [2.75, 3.05) is 0 Å². The normalized spacial score (nSPS) is 31.4. The van der Waals surface area contributed by atoms with Crippen LogP contribution in [0.2, 0.25) is 0 Å². The van der Waals surface area contributed by atoms with Gasteiger partial charge in [-0.2, -0.15) is 0 Å². The summed E-state index contributed by atoms with van der Waals surface area (Å²) in [7, 11) is 0. The third-order valence-corrected chi connectivity index (χ3v) is 3.89. The van der Waals surface area contributed by atoms with Gasteiger partial charge in [0.25, 0.3) is 0 Å². The minimum Gasteiger partial charge on any atom is -0.478 e. The molecule has 0 amide bonds. The Balaban J connectivity index is 2.66. The van der Waals surface area contributed by atoms with Gasteiger partial charge >= 0.3 is 5.97 Å². The van der Waals surface area contributed by atoms with Crippen LogP contribution in [0.5, 0.6) is 0 Å². The zero-order chi connectivity index (χ0) is 13.2. The summed E-state index contributed by atoms with van der Waals surface area (Å²) >= 11 is 0. The lowest BCUT2D eigenvalue weighted by Gasteiger charge is -2.39. The second-order valence-electron chi connectivity index (χ2n) is 6.26. The highest BCUT2D eigenvalue weighted by Crippen LogP contribution is 2.40. The molecule has 0 aromatic rings. The van der Waals surface area contributed by atoms with Crippen LogP contribution < -0.4 is 0 Å². The number of aliphatic hydroxyl groups is 1. The Morgan fingerprint density at radius 2 is 1.88 bits per heavy atom. The topological polar surface area (TPSA) is 57.5 Å². The maximum Gasteiger partial charge on any atom is 0.330 e. The smallest absolute Gasteiger partial charge is 0.330 e. The highest BCUT2D eigenvalue weighted by atomic mass is 16.4. The molecular formula is C14H24O3. The molecule has 0 heterocycles. The van der Waals surface area contributed by atoms with Crippen LogP contribution in [0.4, 0.5) is 0 Å². The van der Waals surface area contributed by atoms with Crippen molar-refractivity contribution in [2.45, 2.75) is 53.1 Å². The van der Waals surface area contributed by atoms with Crippen molar-refractivity contribution in [3.63, 3.8) is 0 Å². The van der Waals surface area contributed by atoms with Gasteiger partial charge in [0, 0.05) is 11.5 Å². The molecule has 1 rings (SSSR count). The van der Waals surface area contributed by atoms with Crippen LogP contribution in [-0.2, 0) is 4.79 Å². The Kier molecular flexibility index (Phi) is 4.36. The fourth-order valence-corrected chi connectivity index (χ4v) is 2.54. The van der Waals surface area contributed by atoms with Crippen LogP contribution in [-0.4, -0.2) is 22.3 Å². The molecule has 1 saturated carbocycles. The van der Waals surface area contributed by atoms with E-state index in [1.165, 1.54) is 0 Å². The van der Waals surface area contributed by atoms with E-state index in [1.807, 2.05) is 0 Å². The maximum absolute atomic E-state index is 10.8. The predicted molar refractivity (Wildman–Crippen MR) is 67.7 cm³/mol. The van der Waals surface area contributed by atoms with Crippen LogP contribution >= 0.6 is 0 Å². The van der Waals surface area contributed by atoms with Gasteiger partial charge in [0.05, 0.1) is 6.10 Å². The Bertz CT molecular complexity index is 312. The van der Waals surface area contributed by atoms with E-state index >= 15 is 0 Å². The summed E-state index contributed by atoms with van der Waals surface area (Å²) < 4.78 is 0. The molecule has 98 valence electrons. The molecule has 1 fully saturated rings. The molecule has 0 aromatic heterocycles. The molecule has 3 unspecified atom stereocenters. The molecular weight excluding hydrogens is 216 g/mol. The van der Waals surface area contributed by atoms with Crippen molar-refractivity contribution in [1.82, 2.24) is 0 Å². The first-order valence-corrected chi connectivity index (χ1v) is 6.31. The second kappa shape index (κ2) is 5.21. The van der Waals surface area contributed by atoms with Crippen LogP contribution in [0.25, 0.3) is 0 Å². The van der Waals surface area contributed by atoms with Gasteiger partial charge in [-0.25, -0.2) is 4.79 Å². The van der Waals surface area contributed by atoms with E-state index in [0.29, 0.717) is 11.5 Å². The number of hydrogen-bond acceptors (Lipinski definition) is 2. The minimum atomic E-state index is -0.893. The molecule has 0 aromatic carbocycles. The third-order valence-electron chi connectivity index (χ3n) is 3.89. The zero-order valence-corrected chi connectivity index (χ0v) is 11.2. The van der Waals surface area contributed by atoms with Crippen molar-refractivity contribution in [3.05, 3.63) is 11.6 Å². The van der Waals surface area contributed by atoms with Crippen molar-refractivity contribution in [2.24, 2.45) is 17.3 Å². The summed E-state index contributed by atoms with van der Waals surface area (Å²) in [5.74, 6) is -0.368. The molecule has 0 saturated heterocycles. The molecule has 0 radical (unpaired) electrons. The first kappa shape index (κ1) is 14.2. The number of carbonyl (C=O) groups is 1. The Morgan fingerprint density at radius 1 is 1.29 bits per heavy atom. The van der Waals surface area contributed by atoms with Gasteiger partial charge in [0.2, 0.25) is 0 Å². The van der Waals surface area contributed by atoms with Crippen molar-refractivity contribution >= 4 is 5.97 Å². The lowest BCUT2D eigenvalue weighted by Crippen LogP contribution is -2.34. The van der Waals surface area contributed by atoms with Gasteiger partial charge in [-0.3, -0.25) is 0 Å². The lowest BCUT2D eigenvalue weighted by atomic mass is 9.68. The third kappa shape index (κ3) is 3.84. The largest absolute Gasteiger partial charge is 0.478 e. The fourth-order valence-electron chi connectivity index (χ4n) is 2.54. The average Bonchev–Trinajstić information content (AvgIpc) is 2.19. The van der Waals surface area contributed by atoms with Gasteiger partial charge in [-0.05, 0) is 37.5 Å². The SMILES string of the molecule is CC(=CC1CCC(C(C)(C)C)CC1O)C(=O)O. The van der Waals surface area contributed by atoms with Gasteiger partial charge in [0.1, 0.15) is 0 Å². The monoisotopic (exact) mass is 240 g/mol. The summed E-state index contributed by atoms with van der Waals surface area (Å²) in [6.07, 6.45) is 4.04. The number of rotatable bonds is 2. The van der Waals surface area contributed by atoms with Crippen LogP contribution in [0.3, 0.4) is 0 Å². The van der Waals surface area contributed by atoms with Gasteiger partial charge in [-0.15, -0.1) is 0 Å². The first-order valence-electron chi connectivity index (χ1n) is 6.31. The average molecular weight is 240 g/mol. The highest BCUT2D eigenvalue weighted by molar-refractivity contribution is 5.85. The van der Waals surface area contributed by atoms with E-state index in [4.69, 9.17) is 5.11 Å². The minimum absolute atomic E-state index is 0.00435. The summed E-state index contributed by atoms with van der Waals surface area (Å²) in [6.45, 7) is 8.18. The molecule has 3 atom stereocenters. The van der Waals surface area contributed by atoms with Crippen molar-refractivity contribution in [1.29, 1.82) is 0 Å². The molecule has 0 spiro atoms. The summed E-state index contributed by atoms with van der Waals surface area (Å²) in [5, 5.41) is 18.9. The molecule has 0 aliphatic heterocycles. The Hall–Kier alpha value is -0.830. The molecule has 1 aliphatic rings. The Morgan fingerprint density at radius 3 is 2.29 bits per heavy atom. The van der Waals surface area contributed by atoms with Crippen LogP contribution in [0.1, 0.15) is 47.0 Å². The summed E-state index contributed by atoms with van der Waals surface area (Å²) in [5.41, 5.74) is 0.556. The first-order chi connectivity index (χ1) is 7.71. The van der Waals surface area contributed by atoms with Gasteiger partial charge in [-0.1, -0.05) is 26.8 Å². The molecule has 1 aliphatic carbocycles. The molecule has 17 heavy (non-hydrogen) atoms. The fraction of sp³-hybridized carbons (Fsp3) is 0.786. The number of hydrogen-bond donors (Lipinski definition) is 2. The van der Waals surface area contributed by atoms with E-state index < -0.39 is 12.1 Å². The van der Waals surface area contributed by atoms with Crippen molar-refractivity contribution < 1.29 is 15.0 Å². The van der Waals surface area contributed by atoms with E-state index in [9.17, 15) is 9.90 Å². The van der Waals surface area contributed by atoms with E-state index in [-0.39, 0.29) is 11.3 Å².